The number of hydrogen-bond donors (Lipinski definition) is 1. The summed E-state index contributed by atoms with van der Waals surface area (Å²) in [7, 11) is 1.19. The van der Waals surface area contributed by atoms with Crippen LogP contribution < -0.4 is 5.73 Å². The van der Waals surface area contributed by atoms with E-state index >= 15 is 0 Å². The van der Waals surface area contributed by atoms with Gasteiger partial charge in [-0.2, -0.15) is 5.26 Å². The number of rotatable bonds is 5. The van der Waals surface area contributed by atoms with Crippen LogP contribution in [0.3, 0.4) is 0 Å². The van der Waals surface area contributed by atoms with Gasteiger partial charge in [0.1, 0.15) is 6.07 Å². The monoisotopic (exact) mass is 394 g/mol. The number of ether oxygens (including phenoxy) is 1. The Hall–Kier alpha value is -3.77. The molecule has 3 aromatic rings. The second-order valence-corrected chi connectivity index (χ2v) is 6.78. The summed E-state index contributed by atoms with van der Waals surface area (Å²) in [6.45, 7) is 0. The molecule has 0 radical (unpaired) electrons. The van der Waals surface area contributed by atoms with E-state index in [0.29, 0.717) is 10.6 Å². The van der Waals surface area contributed by atoms with E-state index in [4.69, 9.17) is 10.5 Å². The number of esters is 1. The third kappa shape index (κ3) is 3.67. The summed E-state index contributed by atoms with van der Waals surface area (Å²) in [5.41, 5.74) is 6.04. The van der Waals surface area contributed by atoms with Gasteiger partial charge in [0.25, 0.3) is 5.69 Å². The highest BCUT2D eigenvalue weighted by molar-refractivity contribution is 7.99. The van der Waals surface area contributed by atoms with Crippen molar-refractivity contribution >= 4 is 29.1 Å². The van der Waals surface area contributed by atoms with Gasteiger partial charge in [-0.3, -0.25) is 10.1 Å². The molecule has 1 heterocycles. The van der Waals surface area contributed by atoms with Gasteiger partial charge in [-0.05, 0) is 18.2 Å². The van der Waals surface area contributed by atoms with Crippen LogP contribution >= 0.6 is 11.8 Å². The number of benzene rings is 2. The van der Waals surface area contributed by atoms with Crippen molar-refractivity contribution in [3.8, 4) is 11.8 Å². The summed E-state index contributed by atoms with van der Waals surface area (Å²) >= 11 is 1.33. The van der Waals surface area contributed by atoms with E-state index in [1.165, 1.54) is 41.8 Å². The largest absolute Gasteiger partial charge is 0.464 e. The number of hydrogen-bond acceptors (Lipinski definition) is 7. The molecule has 0 fully saturated rings. The summed E-state index contributed by atoms with van der Waals surface area (Å²) < 4.78 is 6.09. The third-order valence-electron chi connectivity index (χ3n) is 3.89. The molecule has 0 aliphatic carbocycles. The van der Waals surface area contributed by atoms with Crippen LogP contribution in [0.2, 0.25) is 0 Å². The normalized spacial score (nSPS) is 10.3. The molecule has 0 saturated carbocycles. The maximum atomic E-state index is 12.2. The Labute approximate surface area is 164 Å². The van der Waals surface area contributed by atoms with Gasteiger partial charge in [-0.15, -0.1) is 0 Å². The zero-order chi connectivity index (χ0) is 20.3. The Morgan fingerprint density at radius 2 is 1.96 bits per heavy atom. The number of aromatic nitrogens is 1. The van der Waals surface area contributed by atoms with E-state index in [-0.39, 0.29) is 22.6 Å². The quantitative estimate of drug-likeness (QED) is 0.397. The van der Waals surface area contributed by atoms with Crippen molar-refractivity contribution in [3.63, 3.8) is 0 Å². The average Bonchev–Trinajstić information content (AvgIpc) is 3.04. The molecule has 140 valence electrons. The number of anilines is 1. The smallest absolute Gasteiger partial charge is 0.357 e. The molecule has 0 amide bonds. The first kappa shape index (κ1) is 19.0. The van der Waals surface area contributed by atoms with Crippen molar-refractivity contribution in [2.24, 2.45) is 0 Å². The SMILES string of the molecule is COC(=O)c1c(N)c(C#N)cn1-c1cc(Sc2ccccc2)cc([N+](=O)[O-])c1. The van der Waals surface area contributed by atoms with E-state index in [0.717, 1.165) is 4.90 Å². The molecule has 28 heavy (non-hydrogen) atoms. The standard InChI is InChI=1S/C19H14N4O4S/c1-27-19(24)18-17(21)12(10-20)11-22(18)13-7-14(23(25)26)9-16(8-13)28-15-5-3-2-4-6-15/h2-9,11H,21H2,1H3. The summed E-state index contributed by atoms with van der Waals surface area (Å²) in [6, 6.07) is 15.7. The first-order valence-corrected chi connectivity index (χ1v) is 8.78. The molecule has 3 rings (SSSR count). The third-order valence-corrected chi connectivity index (χ3v) is 4.87. The first-order valence-electron chi connectivity index (χ1n) is 7.96. The van der Waals surface area contributed by atoms with Gasteiger partial charge in [0, 0.05) is 28.1 Å². The van der Waals surface area contributed by atoms with Crippen molar-refractivity contribution in [1.82, 2.24) is 4.57 Å². The fourth-order valence-electron chi connectivity index (χ4n) is 2.61. The van der Waals surface area contributed by atoms with Gasteiger partial charge in [0.05, 0.1) is 29.0 Å². The fraction of sp³-hybridized carbons (Fsp3) is 0.0526. The molecule has 2 aromatic carbocycles. The molecule has 9 heteroatoms. The lowest BCUT2D eigenvalue weighted by molar-refractivity contribution is -0.385. The lowest BCUT2D eigenvalue weighted by Crippen LogP contribution is -2.11. The van der Waals surface area contributed by atoms with Gasteiger partial charge >= 0.3 is 5.97 Å². The van der Waals surface area contributed by atoms with Crippen LogP contribution in [-0.2, 0) is 4.74 Å². The van der Waals surface area contributed by atoms with Crippen LogP contribution in [0.25, 0.3) is 5.69 Å². The number of nitrogen functional groups attached to an aromatic ring is 1. The molecule has 0 unspecified atom stereocenters. The Kier molecular flexibility index (Phi) is 5.33. The van der Waals surface area contributed by atoms with Crippen LogP contribution in [0.4, 0.5) is 11.4 Å². The molecule has 0 saturated heterocycles. The lowest BCUT2D eigenvalue weighted by atomic mass is 10.2. The number of nitro groups is 1. The maximum absolute atomic E-state index is 12.2. The number of carbonyl (C=O) groups excluding carboxylic acids is 1. The van der Waals surface area contributed by atoms with Gasteiger partial charge < -0.3 is 15.0 Å². The molecule has 2 N–H and O–H groups in total. The molecule has 0 aliphatic heterocycles. The Morgan fingerprint density at radius 3 is 2.57 bits per heavy atom. The van der Waals surface area contributed by atoms with Crippen molar-refractivity contribution < 1.29 is 14.5 Å². The Morgan fingerprint density at radius 1 is 1.25 bits per heavy atom. The first-order chi connectivity index (χ1) is 13.4. The molecular formula is C19H14N4O4S. The summed E-state index contributed by atoms with van der Waals surface area (Å²) in [5.74, 6) is -0.747. The highest BCUT2D eigenvalue weighted by Gasteiger charge is 2.23. The van der Waals surface area contributed by atoms with E-state index in [1.807, 2.05) is 36.4 Å². The number of methoxy groups -OCH3 is 1. The summed E-state index contributed by atoms with van der Waals surface area (Å²) in [5, 5.41) is 20.7. The minimum atomic E-state index is -0.747. The molecule has 8 nitrogen and oxygen atoms in total. The van der Waals surface area contributed by atoms with Gasteiger partial charge in [0.15, 0.2) is 5.69 Å². The summed E-state index contributed by atoms with van der Waals surface area (Å²) in [6.07, 6.45) is 1.36. The molecule has 0 spiro atoms. The highest BCUT2D eigenvalue weighted by atomic mass is 32.2. The van der Waals surface area contributed by atoms with Crippen molar-refractivity contribution in [2.75, 3.05) is 12.8 Å². The molecule has 0 bridgehead atoms. The van der Waals surface area contributed by atoms with Crippen LogP contribution in [0.1, 0.15) is 16.1 Å². The Bertz CT molecular complexity index is 1100. The van der Waals surface area contributed by atoms with Gasteiger partial charge in [-0.25, -0.2) is 4.79 Å². The van der Waals surface area contributed by atoms with Crippen molar-refractivity contribution in [3.05, 3.63) is 76.1 Å². The second kappa shape index (κ2) is 7.85. The van der Waals surface area contributed by atoms with Crippen molar-refractivity contribution in [2.45, 2.75) is 9.79 Å². The van der Waals surface area contributed by atoms with Gasteiger partial charge in [-0.1, -0.05) is 30.0 Å². The zero-order valence-electron chi connectivity index (χ0n) is 14.7. The van der Waals surface area contributed by atoms with Crippen LogP contribution in [0.5, 0.6) is 0 Å². The van der Waals surface area contributed by atoms with E-state index in [1.54, 1.807) is 6.07 Å². The minimum Gasteiger partial charge on any atom is -0.464 e. The van der Waals surface area contributed by atoms with Crippen LogP contribution in [-0.4, -0.2) is 22.6 Å². The minimum absolute atomic E-state index is 0.0434. The molecule has 0 aliphatic rings. The number of nitro benzene ring substituents is 1. The van der Waals surface area contributed by atoms with Gasteiger partial charge in [0.2, 0.25) is 0 Å². The lowest BCUT2D eigenvalue weighted by Gasteiger charge is -2.10. The number of carbonyl (C=O) groups is 1. The van der Waals surface area contributed by atoms with Crippen LogP contribution in [0.15, 0.2) is 64.5 Å². The molecule has 1 aromatic heterocycles. The van der Waals surface area contributed by atoms with Crippen molar-refractivity contribution in [1.29, 1.82) is 5.26 Å². The maximum Gasteiger partial charge on any atom is 0.357 e. The number of non-ortho nitro benzene ring substituents is 1. The molecule has 0 atom stereocenters. The fourth-order valence-corrected chi connectivity index (χ4v) is 3.54. The zero-order valence-corrected chi connectivity index (χ0v) is 15.5. The summed E-state index contributed by atoms with van der Waals surface area (Å²) in [4.78, 5) is 24.6. The number of nitriles is 1. The topological polar surface area (TPSA) is 124 Å². The second-order valence-electron chi connectivity index (χ2n) is 5.64. The predicted molar refractivity (Wildman–Crippen MR) is 103 cm³/mol. The molecular weight excluding hydrogens is 380 g/mol. The van der Waals surface area contributed by atoms with E-state index < -0.39 is 10.9 Å². The predicted octanol–water partition coefficient (Wildman–Crippen LogP) is 3.78. The number of nitrogens with zero attached hydrogens (tertiary/aromatic N) is 3. The average molecular weight is 394 g/mol. The number of nitrogens with two attached hydrogens (primary N) is 1. The van der Waals surface area contributed by atoms with E-state index in [9.17, 15) is 20.2 Å². The van der Waals surface area contributed by atoms with E-state index in [2.05, 4.69) is 0 Å². The highest BCUT2D eigenvalue weighted by Crippen LogP contribution is 2.34. The van der Waals surface area contributed by atoms with Crippen LogP contribution in [0, 0.1) is 21.4 Å². The Balaban J connectivity index is 2.18.